The van der Waals surface area contributed by atoms with Crippen LogP contribution in [0, 0.1) is 17.3 Å². The molecule has 2 rings (SSSR count). The summed E-state index contributed by atoms with van der Waals surface area (Å²) >= 11 is 0. The average Bonchev–Trinajstić information content (AvgIpc) is 2.53. The summed E-state index contributed by atoms with van der Waals surface area (Å²) in [6.45, 7) is 7.15. The Morgan fingerprint density at radius 3 is 2.42 bits per heavy atom. The van der Waals surface area contributed by atoms with Gasteiger partial charge in [-0.25, -0.2) is 0 Å². The van der Waals surface area contributed by atoms with Crippen molar-refractivity contribution in [3.63, 3.8) is 0 Å². The third-order valence-electron chi connectivity index (χ3n) is 4.96. The topological polar surface area (TPSA) is 120 Å². The van der Waals surface area contributed by atoms with E-state index in [4.69, 9.17) is 9.47 Å². The lowest BCUT2D eigenvalue weighted by Gasteiger charge is -2.43. The van der Waals surface area contributed by atoms with E-state index in [0.29, 0.717) is 12.8 Å². The van der Waals surface area contributed by atoms with E-state index in [-0.39, 0.29) is 11.5 Å². The maximum absolute atomic E-state index is 10.1. The number of hydrogen-bond acceptors (Lipinski definition) is 7. The SMILES string of the molecule is CC1=C(C#CC(C)O)C(C)(C)CC(OC2OC(CO)C(O)C(O)C2O)C1. The van der Waals surface area contributed by atoms with Crippen LogP contribution in [-0.4, -0.2) is 75.1 Å². The van der Waals surface area contributed by atoms with Crippen LogP contribution >= 0.6 is 0 Å². The summed E-state index contributed by atoms with van der Waals surface area (Å²) in [5, 5.41) is 48.6. The highest BCUT2D eigenvalue weighted by atomic mass is 16.7. The molecule has 1 saturated heterocycles. The van der Waals surface area contributed by atoms with Crippen molar-refractivity contribution >= 4 is 0 Å². The number of ether oxygens (including phenoxy) is 2. The lowest BCUT2D eigenvalue weighted by molar-refractivity contribution is -0.312. The predicted molar refractivity (Wildman–Crippen MR) is 93.8 cm³/mol. The molecule has 2 aliphatic rings. The van der Waals surface area contributed by atoms with Gasteiger partial charge in [0, 0.05) is 11.0 Å². The number of aliphatic hydroxyl groups excluding tert-OH is 5. The van der Waals surface area contributed by atoms with Gasteiger partial charge < -0.3 is 35.0 Å². The third-order valence-corrected chi connectivity index (χ3v) is 4.96. The molecule has 1 aliphatic heterocycles. The summed E-state index contributed by atoms with van der Waals surface area (Å²) in [6, 6.07) is 0. The Labute approximate surface area is 154 Å². The molecule has 0 bridgehead atoms. The molecule has 0 radical (unpaired) electrons. The van der Waals surface area contributed by atoms with Gasteiger partial charge in [-0.15, -0.1) is 0 Å². The van der Waals surface area contributed by atoms with E-state index in [1.165, 1.54) is 0 Å². The highest BCUT2D eigenvalue weighted by molar-refractivity contribution is 5.40. The zero-order valence-electron chi connectivity index (χ0n) is 15.7. The molecular formula is C19H30O7. The minimum absolute atomic E-state index is 0.275. The lowest BCUT2D eigenvalue weighted by Crippen LogP contribution is -2.59. The van der Waals surface area contributed by atoms with Crippen molar-refractivity contribution < 1.29 is 35.0 Å². The van der Waals surface area contributed by atoms with Crippen LogP contribution in [-0.2, 0) is 9.47 Å². The molecule has 148 valence electrons. The second kappa shape index (κ2) is 8.36. The fourth-order valence-electron chi connectivity index (χ4n) is 3.68. The standard InChI is InChI=1S/C19H30O7/c1-10-7-12(8-19(3,4)13(10)6-5-11(2)21)25-18-17(24)16(23)15(22)14(9-20)26-18/h11-12,14-18,20-24H,7-9H2,1-4H3. The van der Waals surface area contributed by atoms with Gasteiger partial charge in [0.15, 0.2) is 6.29 Å². The van der Waals surface area contributed by atoms with E-state index in [0.717, 1.165) is 11.1 Å². The third kappa shape index (κ3) is 4.65. The minimum Gasteiger partial charge on any atom is -0.394 e. The van der Waals surface area contributed by atoms with Crippen LogP contribution in [0.5, 0.6) is 0 Å². The van der Waals surface area contributed by atoms with Crippen molar-refractivity contribution in [2.75, 3.05) is 6.61 Å². The number of aliphatic hydroxyl groups is 5. The van der Waals surface area contributed by atoms with Crippen LogP contribution in [0.25, 0.3) is 0 Å². The van der Waals surface area contributed by atoms with Gasteiger partial charge in [-0.05, 0) is 26.7 Å². The lowest BCUT2D eigenvalue weighted by atomic mass is 9.71. The quantitative estimate of drug-likeness (QED) is 0.432. The molecule has 0 aromatic heterocycles. The van der Waals surface area contributed by atoms with E-state index < -0.39 is 43.4 Å². The summed E-state index contributed by atoms with van der Waals surface area (Å²) < 4.78 is 11.3. The molecule has 1 heterocycles. The van der Waals surface area contributed by atoms with Crippen LogP contribution < -0.4 is 0 Å². The zero-order valence-corrected chi connectivity index (χ0v) is 15.7. The molecule has 0 saturated carbocycles. The molecule has 5 N–H and O–H groups in total. The Bertz CT molecular complexity index is 584. The Morgan fingerprint density at radius 1 is 1.23 bits per heavy atom. The molecule has 7 atom stereocenters. The number of allylic oxidation sites excluding steroid dienone is 1. The molecule has 1 fully saturated rings. The molecule has 26 heavy (non-hydrogen) atoms. The molecule has 0 spiro atoms. The zero-order chi connectivity index (χ0) is 19.6. The highest BCUT2D eigenvalue weighted by Gasteiger charge is 2.45. The Balaban J connectivity index is 2.13. The van der Waals surface area contributed by atoms with Crippen molar-refractivity contribution in [1.82, 2.24) is 0 Å². The van der Waals surface area contributed by atoms with Gasteiger partial charge in [-0.2, -0.15) is 0 Å². The van der Waals surface area contributed by atoms with Crippen molar-refractivity contribution in [3.8, 4) is 11.8 Å². The highest BCUT2D eigenvalue weighted by Crippen LogP contribution is 2.41. The molecule has 7 unspecified atom stereocenters. The minimum atomic E-state index is -1.45. The first-order chi connectivity index (χ1) is 12.1. The van der Waals surface area contributed by atoms with Gasteiger partial charge in [0.25, 0.3) is 0 Å². The van der Waals surface area contributed by atoms with Crippen LogP contribution in [0.15, 0.2) is 11.1 Å². The summed E-state index contributed by atoms with van der Waals surface area (Å²) in [5.41, 5.74) is 1.71. The van der Waals surface area contributed by atoms with E-state index in [1.54, 1.807) is 6.92 Å². The number of hydrogen-bond donors (Lipinski definition) is 5. The van der Waals surface area contributed by atoms with E-state index in [9.17, 15) is 25.5 Å². The molecular weight excluding hydrogens is 340 g/mol. The molecule has 7 nitrogen and oxygen atoms in total. The predicted octanol–water partition coefficient (Wildman–Crippen LogP) is -0.308. The fourth-order valence-corrected chi connectivity index (χ4v) is 3.68. The number of rotatable bonds is 3. The van der Waals surface area contributed by atoms with Gasteiger partial charge in [-0.1, -0.05) is 31.3 Å². The van der Waals surface area contributed by atoms with Crippen molar-refractivity contribution in [2.45, 2.75) is 83.5 Å². The van der Waals surface area contributed by atoms with Gasteiger partial charge in [-0.3, -0.25) is 0 Å². The second-order valence-corrected chi connectivity index (χ2v) is 7.85. The maximum Gasteiger partial charge on any atom is 0.186 e. The van der Waals surface area contributed by atoms with E-state index in [2.05, 4.69) is 11.8 Å². The van der Waals surface area contributed by atoms with Gasteiger partial charge in [0.1, 0.15) is 30.5 Å². The van der Waals surface area contributed by atoms with Crippen LogP contribution in [0.2, 0.25) is 0 Å². The Morgan fingerprint density at radius 2 is 1.88 bits per heavy atom. The van der Waals surface area contributed by atoms with E-state index in [1.807, 2.05) is 20.8 Å². The van der Waals surface area contributed by atoms with Gasteiger partial charge in [0.05, 0.1) is 12.7 Å². The van der Waals surface area contributed by atoms with Crippen molar-refractivity contribution in [1.29, 1.82) is 0 Å². The maximum atomic E-state index is 10.1. The van der Waals surface area contributed by atoms with Crippen LogP contribution in [0.4, 0.5) is 0 Å². The first-order valence-electron chi connectivity index (χ1n) is 8.92. The Hall–Kier alpha value is -0.980. The molecule has 0 aromatic rings. The molecule has 0 aromatic carbocycles. The largest absolute Gasteiger partial charge is 0.394 e. The second-order valence-electron chi connectivity index (χ2n) is 7.85. The fraction of sp³-hybridized carbons (Fsp3) is 0.789. The van der Waals surface area contributed by atoms with E-state index >= 15 is 0 Å². The smallest absolute Gasteiger partial charge is 0.186 e. The van der Waals surface area contributed by atoms with Crippen LogP contribution in [0.1, 0.15) is 40.5 Å². The summed E-state index contributed by atoms with van der Waals surface area (Å²) in [6.07, 6.45) is -6.17. The monoisotopic (exact) mass is 370 g/mol. The Kier molecular flexibility index (Phi) is 6.86. The average molecular weight is 370 g/mol. The van der Waals surface area contributed by atoms with Gasteiger partial charge in [0.2, 0.25) is 0 Å². The summed E-state index contributed by atoms with van der Waals surface area (Å²) in [7, 11) is 0. The first kappa shape index (κ1) is 21.3. The first-order valence-corrected chi connectivity index (χ1v) is 8.92. The normalized spacial score (nSPS) is 38.5. The van der Waals surface area contributed by atoms with Crippen molar-refractivity contribution in [2.24, 2.45) is 5.41 Å². The van der Waals surface area contributed by atoms with Crippen molar-refractivity contribution in [3.05, 3.63) is 11.1 Å². The van der Waals surface area contributed by atoms with Crippen LogP contribution in [0.3, 0.4) is 0 Å². The molecule has 7 heteroatoms. The van der Waals surface area contributed by atoms with Gasteiger partial charge >= 0.3 is 0 Å². The molecule has 1 aliphatic carbocycles. The summed E-state index contributed by atoms with van der Waals surface area (Å²) in [5.74, 6) is 5.84. The summed E-state index contributed by atoms with van der Waals surface area (Å²) in [4.78, 5) is 0. The molecule has 0 amide bonds.